The molecule has 1 amide bonds. The van der Waals surface area contributed by atoms with Gasteiger partial charge >= 0.3 is 5.97 Å². The van der Waals surface area contributed by atoms with Gasteiger partial charge in [-0.25, -0.2) is 9.47 Å². The number of esters is 1. The van der Waals surface area contributed by atoms with Crippen LogP contribution in [0.25, 0.3) is 11.4 Å². The first kappa shape index (κ1) is 23.8. The number of halogens is 1. The third-order valence-corrected chi connectivity index (χ3v) is 7.14. The lowest BCUT2D eigenvalue weighted by molar-refractivity contribution is -0.115. The van der Waals surface area contributed by atoms with Crippen LogP contribution in [0.4, 0.5) is 5.00 Å². The molecule has 3 rings (SSSR count). The van der Waals surface area contributed by atoms with Crippen LogP contribution in [0.3, 0.4) is 0 Å². The predicted octanol–water partition coefficient (Wildman–Crippen LogP) is 3.96. The van der Waals surface area contributed by atoms with E-state index in [4.69, 9.17) is 10.6 Å². The van der Waals surface area contributed by atoms with E-state index in [-0.39, 0.29) is 24.5 Å². The van der Waals surface area contributed by atoms with Crippen molar-refractivity contribution in [2.45, 2.75) is 25.4 Å². The molecular formula is C20H19BrN6O3S2. The molecule has 0 radical (unpaired) electrons. The molecule has 0 aliphatic rings. The van der Waals surface area contributed by atoms with Gasteiger partial charge in [0.05, 0.1) is 12.2 Å². The van der Waals surface area contributed by atoms with Crippen molar-refractivity contribution in [3.05, 3.63) is 44.7 Å². The van der Waals surface area contributed by atoms with Gasteiger partial charge in [-0.05, 0) is 31.5 Å². The molecule has 0 unspecified atom stereocenters. The van der Waals surface area contributed by atoms with E-state index >= 15 is 0 Å². The van der Waals surface area contributed by atoms with Gasteiger partial charge in [0.2, 0.25) is 11.1 Å². The zero-order valence-corrected chi connectivity index (χ0v) is 20.4. The summed E-state index contributed by atoms with van der Waals surface area (Å²) >= 11 is 5.79. The molecule has 2 heterocycles. The van der Waals surface area contributed by atoms with Crippen molar-refractivity contribution < 1.29 is 14.3 Å². The summed E-state index contributed by atoms with van der Waals surface area (Å²) in [5, 5.41) is 21.2. The first-order valence-corrected chi connectivity index (χ1v) is 12.1. The van der Waals surface area contributed by atoms with Crippen molar-refractivity contribution in [3.63, 3.8) is 0 Å². The van der Waals surface area contributed by atoms with Gasteiger partial charge in [0.15, 0.2) is 5.82 Å². The monoisotopic (exact) mass is 534 g/mol. The lowest BCUT2D eigenvalue weighted by atomic mass is 10.2. The van der Waals surface area contributed by atoms with E-state index in [1.807, 2.05) is 30.3 Å². The van der Waals surface area contributed by atoms with Gasteiger partial charge < -0.3 is 15.9 Å². The number of nitrogens with two attached hydrogens (primary N) is 1. The minimum atomic E-state index is -0.509. The molecule has 0 aliphatic heterocycles. The molecule has 0 fully saturated rings. The normalized spacial score (nSPS) is 10.6. The van der Waals surface area contributed by atoms with Crippen LogP contribution in [0.1, 0.15) is 34.1 Å². The number of amides is 1. The van der Waals surface area contributed by atoms with Gasteiger partial charge in [0.1, 0.15) is 15.9 Å². The number of aromatic nitrogens is 3. The highest BCUT2D eigenvalue weighted by Gasteiger charge is 2.22. The van der Waals surface area contributed by atoms with Crippen molar-refractivity contribution in [2.24, 2.45) is 0 Å². The number of nitrogen functional groups attached to an aromatic ring is 1. The molecule has 166 valence electrons. The Morgan fingerprint density at radius 3 is 2.81 bits per heavy atom. The summed E-state index contributed by atoms with van der Waals surface area (Å²) in [6, 6.07) is 9.57. The number of nitrogens with one attached hydrogen (secondary N) is 1. The van der Waals surface area contributed by atoms with Crippen LogP contribution in [0.2, 0.25) is 0 Å². The van der Waals surface area contributed by atoms with Crippen LogP contribution in [-0.2, 0) is 9.53 Å². The van der Waals surface area contributed by atoms with E-state index in [0.29, 0.717) is 32.2 Å². The van der Waals surface area contributed by atoms with E-state index in [1.54, 1.807) is 13.8 Å². The number of hydrogen-bond acceptors (Lipinski definition) is 9. The Bertz CT molecular complexity index is 1200. The smallest absolute Gasteiger partial charge is 0.348 e. The van der Waals surface area contributed by atoms with Crippen molar-refractivity contribution in [3.8, 4) is 17.5 Å². The zero-order valence-electron chi connectivity index (χ0n) is 17.2. The third-order valence-electron chi connectivity index (χ3n) is 4.31. The fraction of sp³-hybridized carbons (Fsp3) is 0.250. The second-order valence-corrected chi connectivity index (χ2v) is 9.33. The van der Waals surface area contributed by atoms with E-state index in [2.05, 4.69) is 31.4 Å². The standard InChI is InChI=1S/C20H19BrN6O3S2/c1-3-30-19(29)16-11(2)13(10-22)18(32-16)24-15(28)8-9-31-20-26-25-17(27(20)23)12-6-4-5-7-14(12)21/h4-7H,3,8-9,23H2,1-2H3,(H,24,28). The summed E-state index contributed by atoms with van der Waals surface area (Å²) in [4.78, 5) is 24.8. The highest BCUT2D eigenvalue weighted by atomic mass is 79.9. The maximum atomic E-state index is 12.4. The van der Waals surface area contributed by atoms with E-state index in [1.165, 1.54) is 16.4 Å². The van der Waals surface area contributed by atoms with Gasteiger partial charge in [0.25, 0.3) is 0 Å². The summed E-state index contributed by atoms with van der Waals surface area (Å²) in [5.74, 6) is 6.23. The van der Waals surface area contributed by atoms with Crippen LogP contribution >= 0.6 is 39.0 Å². The zero-order chi connectivity index (χ0) is 23.3. The Kier molecular flexibility index (Phi) is 7.89. The molecule has 3 aromatic rings. The molecule has 9 nitrogen and oxygen atoms in total. The van der Waals surface area contributed by atoms with Crippen LogP contribution in [0.15, 0.2) is 33.9 Å². The number of carbonyl (C=O) groups excluding carboxylic acids is 2. The van der Waals surface area contributed by atoms with Crippen molar-refractivity contribution in [1.82, 2.24) is 14.9 Å². The topological polar surface area (TPSA) is 136 Å². The Morgan fingerprint density at radius 1 is 1.38 bits per heavy atom. The molecule has 0 spiro atoms. The SMILES string of the molecule is CCOC(=O)c1sc(NC(=O)CCSc2nnc(-c3ccccc3Br)n2N)c(C#N)c1C. The number of hydrogen-bond donors (Lipinski definition) is 2. The average Bonchev–Trinajstić information content (AvgIpc) is 3.28. The maximum absolute atomic E-state index is 12.4. The van der Waals surface area contributed by atoms with Gasteiger partial charge in [-0.1, -0.05) is 39.8 Å². The summed E-state index contributed by atoms with van der Waals surface area (Å²) in [5.41, 5.74) is 1.57. The first-order chi connectivity index (χ1) is 15.4. The highest BCUT2D eigenvalue weighted by molar-refractivity contribution is 9.10. The number of carbonyl (C=O) groups is 2. The first-order valence-electron chi connectivity index (χ1n) is 9.46. The second-order valence-electron chi connectivity index (χ2n) is 6.40. The highest BCUT2D eigenvalue weighted by Crippen LogP contribution is 2.33. The summed E-state index contributed by atoms with van der Waals surface area (Å²) in [7, 11) is 0. The third kappa shape index (κ3) is 5.12. The molecular weight excluding hydrogens is 516 g/mol. The van der Waals surface area contributed by atoms with Crippen molar-refractivity contribution >= 4 is 55.9 Å². The number of benzene rings is 1. The van der Waals surface area contributed by atoms with Crippen LogP contribution in [0.5, 0.6) is 0 Å². The van der Waals surface area contributed by atoms with E-state index in [9.17, 15) is 14.9 Å². The van der Waals surface area contributed by atoms with Gasteiger partial charge in [0, 0.05) is 22.2 Å². The Labute approximate surface area is 201 Å². The van der Waals surface area contributed by atoms with Crippen molar-refractivity contribution in [1.29, 1.82) is 5.26 Å². The maximum Gasteiger partial charge on any atom is 0.348 e. The molecule has 32 heavy (non-hydrogen) atoms. The van der Waals surface area contributed by atoms with Crippen LogP contribution in [-0.4, -0.2) is 39.1 Å². The minimum Gasteiger partial charge on any atom is -0.462 e. The Hall–Kier alpha value is -2.88. The molecule has 12 heteroatoms. The quantitative estimate of drug-likeness (QED) is 0.251. The molecule has 1 aromatic carbocycles. The Balaban J connectivity index is 1.62. The number of nitriles is 1. The van der Waals surface area contributed by atoms with Crippen LogP contribution in [0, 0.1) is 18.3 Å². The molecule has 0 aliphatic carbocycles. The second kappa shape index (κ2) is 10.6. The molecule has 2 aromatic heterocycles. The number of thiophene rings is 1. The summed E-state index contributed by atoms with van der Waals surface area (Å²) < 4.78 is 7.23. The van der Waals surface area contributed by atoms with Crippen LogP contribution < -0.4 is 11.2 Å². The fourth-order valence-corrected chi connectivity index (χ4v) is 5.08. The number of thioether (sulfide) groups is 1. The summed E-state index contributed by atoms with van der Waals surface area (Å²) in [6.45, 7) is 3.59. The fourth-order valence-electron chi connectivity index (χ4n) is 2.75. The van der Waals surface area contributed by atoms with Gasteiger partial charge in [-0.2, -0.15) is 5.26 Å². The molecule has 0 atom stereocenters. The number of nitrogens with zero attached hydrogens (tertiary/aromatic N) is 4. The minimum absolute atomic E-state index is 0.151. The number of rotatable bonds is 8. The largest absolute Gasteiger partial charge is 0.462 e. The molecule has 0 saturated heterocycles. The summed E-state index contributed by atoms with van der Waals surface area (Å²) in [6.07, 6.45) is 0.151. The van der Waals surface area contributed by atoms with Crippen molar-refractivity contribution in [2.75, 3.05) is 23.5 Å². The predicted molar refractivity (Wildman–Crippen MR) is 127 cm³/mol. The number of ether oxygens (including phenoxy) is 1. The van der Waals surface area contributed by atoms with Gasteiger partial charge in [-0.15, -0.1) is 21.5 Å². The Morgan fingerprint density at radius 2 is 2.12 bits per heavy atom. The molecule has 3 N–H and O–H groups in total. The van der Waals surface area contributed by atoms with Gasteiger partial charge in [-0.3, -0.25) is 4.79 Å². The average molecular weight is 535 g/mol. The molecule has 0 saturated carbocycles. The lowest BCUT2D eigenvalue weighted by Gasteiger charge is -2.05. The molecule has 0 bridgehead atoms. The lowest BCUT2D eigenvalue weighted by Crippen LogP contribution is -2.14. The van der Waals surface area contributed by atoms with E-state index < -0.39 is 5.97 Å². The number of anilines is 1. The van der Waals surface area contributed by atoms with E-state index in [0.717, 1.165) is 21.4 Å².